The van der Waals surface area contributed by atoms with Crippen LogP contribution in [-0.2, 0) is 4.79 Å². The van der Waals surface area contributed by atoms with Crippen LogP contribution < -0.4 is 5.32 Å². The predicted molar refractivity (Wildman–Crippen MR) is 88.3 cm³/mol. The zero-order valence-corrected chi connectivity index (χ0v) is 13.9. The number of allylic oxidation sites excluding steroid dienone is 1. The Kier molecular flexibility index (Phi) is 4.49. The van der Waals surface area contributed by atoms with E-state index in [0.29, 0.717) is 22.6 Å². The molecule has 2 aliphatic rings. The molecule has 2 amide bonds. The summed E-state index contributed by atoms with van der Waals surface area (Å²) in [6, 6.07) is 6.11. The second-order valence-corrected chi connectivity index (χ2v) is 6.64. The summed E-state index contributed by atoms with van der Waals surface area (Å²) in [6.45, 7) is 1.31. The lowest BCUT2D eigenvalue weighted by Crippen LogP contribution is -2.47. The fourth-order valence-electron chi connectivity index (χ4n) is 3.29. The first-order valence-electron chi connectivity index (χ1n) is 7.79. The van der Waals surface area contributed by atoms with Crippen molar-refractivity contribution in [3.05, 3.63) is 40.7 Å². The van der Waals surface area contributed by atoms with Crippen molar-refractivity contribution < 1.29 is 19.1 Å². The van der Waals surface area contributed by atoms with Crippen molar-refractivity contribution >= 4 is 29.2 Å². The fourth-order valence-corrected chi connectivity index (χ4v) is 3.57. The van der Waals surface area contributed by atoms with Crippen LogP contribution in [0.3, 0.4) is 0 Å². The van der Waals surface area contributed by atoms with E-state index in [0.717, 1.165) is 6.42 Å². The normalized spacial score (nSPS) is 25.8. The summed E-state index contributed by atoms with van der Waals surface area (Å²) in [5.74, 6) is -0.685. The molecule has 128 valence electrons. The third-order valence-electron chi connectivity index (χ3n) is 4.73. The minimum atomic E-state index is -1.09. The molecule has 1 heterocycles. The van der Waals surface area contributed by atoms with Crippen LogP contribution in [0, 0.1) is 5.92 Å². The molecule has 1 saturated heterocycles. The van der Waals surface area contributed by atoms with Crippen LogP contribution in [0.4, 0.5) is 9.18 Å². The number of carboxylic acid groups (broad SMARTS) is 1. The maximum absolute atomic E-state index is 14.3. The SMILES string of the molecule is CC(=C(F)CNC(=O)[C@@H]1C[C@H]2C[C@H]2N1C(=O)O)c1ccccc1Cl. The van der Waals surface area contributed by atoms with Crippen LogP contribution >= 0.6 is 11.6 Å². The molecule has 1 aliphatic heterocycles. The van der Waals surface area contributed by atoms with Crippen molar-refractivity contribution in [2.45, 2.75) is 31.8 Å². The molecule has 2 fully saturated rings. The average Bonchev–Trinajstić information content (AvgIpc) is 3.21. The molecule has 5 nitrogen and oxygen atoms in total. The van der Waals surface area contributed by atoms with E-state index in [2.05, 4.69) is 5.32 Å². The van der Waals surface area contributed by atoms with Gasteiger partial charge in [0.05, 0.1) is 6.54 Å². The number of carbonyl (C=O) groups is 2. The minimum absolute atomic E-state index is 0.0523. The van der Waals surface area contributed by atoms with Crippen molar-refractivity contribution in [3.63, 3.8) is 0 Å². The predicted octanol–water partition coefficient (Wildman–Crippen LogP) is 3.30. The van der Waals surface area contributed by atoms with Gasteiger partial charge in [0.15, 0.2) is 0 Å². The third-order valence-corrected chi connectivity index (χ3v) is 5.06. The first-order chi connectivity index (χ1) is 11.4. The number of likely N-dealkylation sites (tertiary alicyclic amines) is 1. The van der Waals surface area contributed by atoms with Gasteiger partial charge in [-0.1, -0.05) is 29.8 Å². The van der Waals surface area contributed by atoms with Crippen molar-refractivity contribution in [1.29, 1.82) is 0 Å². The third kappa shape index (κ3) is 3.11. The smallest absolute Gasteiger partial charge is 0.408 e. The Morgan fingerprint density at radius 1 is 1.38 bits per heavy atom. The number of amides is 2. The van der Waals surface area contributed by atoms with E-state index in [-0.39, 0.29) is 18.5 Å². The van der Waals surface area contributed by atoms with Gasteiger partial charge in [-0.3, -0.25) is 9.69 Å². The Morgan fingerprint density at radius 3 is 2.75 bits per heavy atom. The Morgan fingerprint density at radius 2 is 2.08 bits per heavy atom. The van der Waals surface area contributed by atoms with Gasteiger partial charge in [-0.05, 0) is 42.9 Å². The van der Waals surface area contributed by atoms with Crippen molar-refractivity contribution in [1.82, 2.24) is 10.2 Å². The Bertz CT molecular complexity index is 722. The number of halogens is 2. The Hall–Kier alpha value is -2.08. The van der Waals surface area contributed by atoms with Gasteiger partial charge in [0, 0.05) is 11.1 Å². The van der Waals surface area contributed by atoms with Crippen molar-refractivity contribution in [2.24, 2.45) is 5.92 Å². The topological polar surface area (TPSA) is 69.6 Å². The minimum Gasteiger partial charge on any atom is -0.465 e. The molecule has 3 atom stereocenters. The number of hydrogen-bond acceptors (Lipinski definition) is 2. The molecule has 0 aromatic heterocycles. The van der Waals surface area contributed by atoms with Crippen LogP contribution in [0.15, 0.2) is 30.1 Å². The van der Waals surface area contributed by atoms with E-state index in [1.54, 1.807) is 31.2 Å². The van der Waals surface area contributed by atoms with Gasteiger partial charge in [-0.25, -0.2) is 9.18 Å². The van der Waals surface area contributed by atoms with E-state index in [1.165, 1.54) is 4.90 Å². The van der Waals surface area contributed by atoms with Crippen LogP contribution in [0.2, 0.25) is 5.02 Å². The monoisotopic (exact) mass is 352 g/mol. The van der Waals surface area contributed by atoms with Gasteiger partial charge < -0.3 is 10.4 Å². The molecular weight excluding hydrogens is 335 g/mol. The summed E-state index contributed by atoms with van der Waals surface area (Å²) < 4.78 is 14.3. The molecule has 1 saturated carbocycles. The molecule has 1 aromatic carbocycles. The standard InChI is InChI=1S/C17H18ClFN2O3/c1-9(11-4-2-3-5-12(11)18)13(19)8-20-16(22)15-7-10-6-14(10)21(15)17(23)24/h2-5,10,14-15H,6-8H2,1H3,(H,20,22)(H,23,24)/t10-,14-,15+/m1/s1. The Labute approximate surface area is 144 Å². The van der Waals surface area contributed by atoms with E-state index in [4.69, 9.17) is 11.6 Å². The molecule has 1 aromatic rings. The number of carbonyl (C=O) groups excluding carboxylic acids is 1. The second-order valence-electron chi connectivity index (χ2n) is 6.23. The Balaban J connectivity index is 1.65. The highest BCUT2D eigenvalue weighted by atomic mass is 35.5. The lowest BCUT2D eigenvalue weighted by atomic mass is 10.1. The zero-order valence-electron chi connectivity index (χ0n) is 13.1. The molecule has 1 aliphatic carbocycles. The average molecular weight is 353 g/mol. The molecule has 24 heavy (non-hydrogen) atoms. The molecule has 0 unspecified atom stereocenters. The number of nitrogens with zero attached hydrogens (tertiary/aromatic N) is 1. The lowest BCUT2D eigenvalue weighted by molar-refractivity contribution is -0.125. The molecule has 0 spiro atoms. The van der Waals surface area contributed by atoms with Crippen molar-refractivity contribution in [3.8, 4) is 0 Å². The van der Waals surface area contributed by atoms with Crippen LogP contribution in [0.25, 0.3) is 5.57 Å². The van der Waals surface area contributed by atoms with Gasteiger partial charge in [0.1, 0.15) is 11.9 Å². The van der Waals surface area contributed by atoms with Crippen LogP contribution in [0.5, 0.6) is 0 Å². The molecular formula is C17H18ClFN2O3. The number of benzene rings is 1. The number of fused-ring (bicyclic) bond motifs is 1. The quantitative estimate of drug-likeness (QED) is 0.873. The number of rotatable bonds is 4. The highest BCUT2D eigenvalue weighted by Gasteiger charge is 2.56. The number of nitrogens with one attached hydrogen (secondary N) is 1. The molecule has 3 rings (SSSR count). The van der Waals surface area contributed by atoms with Gasteiger partial charge in [-0.15, -0.1) is 0 Å². The summed E-state index contributed by atoms with van der Waals surface area (Å²) in [5, 5.41) is 12.2. The van der Waals surface area contributed by atoms with E-state index in [1.807, 2.05) is 0 Å². The maximum atomic E-state index is 14.3. The summed E-state index contributed by atoms with van der Waals surface area (Å²) in [7, 11) is 0. The van der Waals surface area contributed by atoms with Gasteiger partial charge >= 0.3 is 6.09 Å². The number of hydrogen-bond donors (Lipinski definition) is 2. The first-order valence-corrected chi connectivity index (χ1v) is 8.17. The van der Waals surface area contributed by atoms with Crippen LogP contribution in [0.1, 0.15) is 25.3 Å². The van der Waals surface area contributed by atoms with Crippen molar-refractivity contribution in [2.75, 3.05) is 6.54 Å². The number of piperidine rings is 1. The van der Waals surface area contributed by atoms with E-state index in [9.17, 15) is 19.1 Å². The molecule has 7 heteroatoms. The van der Waals surface area contributed by atoms with Crippen LogP contribution in [-0.4, -0.2) is 40.6 Å². The molecule has 2 N–H and O–H groups in total. The van der Waals surface area contributed by atoms with Gasteiger partial charge in [0.2, 0.25) is 5.91 Å². The lowest BCUT2D eigenvalue weighted by Gasteiger charge is -2.23. The highest BCUT2D eigenvalue weighted by molar-refractivity contribution is 6.32. The molecule has 0 radical (unpaired) electrons. The van der Waals surface area contributed by atoms with E-state index < -0.39 is 23.9 Å². The van der Waals surface area contributed by atoms with Gasteiger partial charge in [0.25, 0.3) is 0 Å². The second kappa shape index (κ2) is 6.43. The largest absolute Gasteiger partial charge is 0.465 e. The molecule has 0 bridgehead atoms. The maximum Gasteiger partial charge on any atom is 0.408 e. The van der Waals surface area contributed by atoms with E-state index >= 15 is 0 Å². The summed E-state index contributed by atoms with van der Waals surface area (Å²) in [6.07, 6.45) is 0.233. The fraction of sp³-hybridized carbons (Fsp3) is 0.412. The summed E-state index contributed by atoms with van der Waals surface area (Å²) in [5.41, 5.74) is 0.922. The highest BCUT2D eigenvalue weighted by Crippen LogP contribution is 2.47. The zero-order chi connectivity index (χ0) is 17.4. The summed E-state index contributed by atoms with van der Waals surface area (Å²) >= 11 is 6.04. The first kappa shape index (κ1) is 16.8. The van der Waals surface area contributed by atoms with Gasteiger partial charge in [-0.2, -0.15) is 0 Å². The summed E-state index contributed by atoms with van der Waals surface area (Å²) in [4.78, 5) is 24.7.